The van der Waals surface area contributed by atoms with Crippen molar-refractivity contribution in [3.63, 3.8) is 0 Å². The summed E-state index contributed by atoms with van der Waals surface area (Å²) in [5, 5.41) is 7.00. The lowest BCUT2D eigenvalue weighted by atomic mass is 10.1. The van der Waals surface area contributed by atoms with Crippen LogP contribution in [0.15, 0.2) is 46.7 Å². The molecule has 11 heteroatoms. The van der Waals surface area contributed by atoms with E-state index in [2.05, 4.69) is 21.8 Å². The van der Waals surface area contributed by atoms with E-state index in [-0.39, 0.29) is 18.0 Å². The maximum absolute atomic E-state index is 15.3. The number of ether oxygens (including phenoxy) is 2. The second-order valence-electron chi connectivity index (χ2n) is 9.59. The molecule has 0 spiro atoms. The summed E-state index contributed by atoms with van der Waals surface area (Å²) in [7, 11) is 2.07. The summed E-state index contributed by atoms with van der Waals surface area (Å²) >= 11 is 1.44. The van der Waals surface area contributed by atoms with Gasteiger partial charge in [0.2, 0.25) is 17.2 Å². The van der Waals surface area contributed by atoms with Crippen LogP contribution in [0.2, 0.25) is 0 Å². The summed E-state index contributed by atoms with van der Waals surface area (Å²) in [6.45, 7) is 6.05. The molecular weight excluding hydrogens is 507 g/mol. The van der Waals surface area contributed by atoms with Crippen molar-refractivity contribution in [1.29, 1.82) is 0 Å². The molecule has 0 N–H and O–H groups in total. The third-order valence-electron chi connectivity index (χ3n) is 7.32. The third kappa shape index (κ3) is 3.64. The molecule has 5 aromatic rings. The number of aryl methyl sites for hydroxylation is 1. The van der Waals surface area contributed by atoms with Crippen LogP contribution >= 0.6 is 11.3 Å². The van der Waals surface area contributed by atoms with Gasteiger partial charge in [0.1, 0.15) is 5.82 Å². The molecule has 0 aliphatic carbocycles. The molecule has 5 heterocycles. The maximum Gasteiger partial charge on any atom is 0.231 e. The lowest BCUT2D eigenvalue weighted by molar-refractivity contribution is 0.174. The van der Waals surface area contributed by atoms with E-state index in [1.54, 1.807) is 10.7 Å². The van der Waals surface area contributed by atoms with Gasteiger partial charge in [-0.1, -0.05) is 0 Å². The standard InChI is InChI=1S/C27H25FN6O3S/c1-3-32-13-18(25(35)17-11-19(28)21(12-20(17)32)33-8-6-31(2)7-9-33)26-29-27-34(30-26)22(14-38-27)16-4-5-23-24(10-16)37-15-36-23/h4-5,10-14H,3,6-9,15H2,1-2H3. The Kier molecular flexibility index (Phi) is 5.38. The number of piperazine rings is 1. The second kappa shape index (κ2) is 8.81. The molecule has 0 unspecified atom stereocenters. The zero-order valence-corrected chi connectivity index (χ0v) is 21.8. The SMILES string of the molecule is CCn1cc(-c2nc3scc(-c4ccc5c(c4)OCO5)n3n2)c(=O)c2cc(F)c(N3CCN(C)CC3)cc21. The fourth-order valence-corrected chi connectivity index (χ4v) is 5.99. The number of hydrogen-bond acceptors (Lipinski definition) is 8. The van der Waals surface area contributed by atoms with Crippen LogP contribution in [0.3, 0.4) is 0 Å². The summed E-state index contributed by atoms with van der Waals surface area (Å²) in [5.41, 5.74) is 3.05. The minimum absolute atomic E-state index is 0.203. The van der Waals surface area contributed by atoms with Gasteiger partial charge in [0.25, 0.3) is 0 Å². The molecule has 0 bridgehead atoms. The first kappa shape index (κ1) is 23.2. The average Bonchev–Trinajstić information content (AvgIpc) is 3.65. The number of likely N-dealkylation sites (N-methyl/N-ethyl adjacent to an activating group) is 1. The van der Waals surface area contributed by atoms with Gasteiger partial charge >= 0.3 is 0 Å². The van der Waals surface area contributed by atoms with Crippen LogP contribution in [-0.4, -0.2) is 64.1 Å². The Bertz CT molecular complexity index is 1770. The summed E-state index contributed by atoms with van der Waals surface area (Å²) in [6.07, 6.45) is 1.79. The number of nitrogens with zero attached hydrogens (tertiary/aromatic N) is 6. The zero-order valence-electron chi connectivity index (χ0n) is 21.0. The quantitative estimate of drug-likeness (QED) is 0.345. The van der Waals surface area contributed by atoms with E-state index in [1.807, 2.05) is 41.1 Å². The molecule has 0 atom stereocenters. The Morgan fingerprint density at radius 2 is 1.89 bits per heavy atom. The summed E-state index contributed by atoms with van der Waals surface area (Å²) in [6, 6.07) is 8.90. The number of benzene rings is 2. The summed E-state index contributed by atoms with van der Waals surface area (Å²) < 4.78 is 30.0. The molecule has 194 valence electrons. The van der Waals surface area contributed by atoms with Gasteiger partial charge in [-0.05, 0) is 44.3 Å². The number of aromatic nitrogens is 4. The van der Waals surface area contributed by atoms with Crippen LogP contribution < -0.4 is 19.8 Å². The van der Waals surface area contributed by atoms with Crippen LogP contribution in [0.5, 0.6) is 11.5 Å². The predicted molar refractivity (Wildman–Crippen MR) is 145 cm³/mol. The van der Waals surface area contributed by atoms with Gasteiger partial charge in [-0.15, -0.1) is 16.4 Å². The van der Waals surface area contributed by atoms with Crippen LogP contribution in [0.1, 0.15) is 6.92 Å². The molecule has 1 saturated heterocycles. The number of rotatable bonds is 4. The number of thiazole rings is 1. The maximum atomic E-state index is 15.3. The Morgan fingerprint density at radius 1 is 1.08 bits per heavy atom. The topological polar surface area (TPSA) is 77.1 Å². The van der Waals surface area contributed by atoms with Gasteiger partial charge in [-0.2, -0.15) is 4.98 Å². The highest BCUT2D eigenvalue weighted by atomic mass is 32.1. The Labute approximate surface area is 221 Å². The fourth-order valence-electron chi connectivity index (χ4n) is 5.16. The lowest BCUT2D eigenvalue weighted by Gasteiger charge is -2.34. The zero-order chi connectivity index (χ0) is 26.0. The highest BCUT2D eigenvalue weighted by molar-refractivity contribution is 7.15. The Morgan fingerprint density at radius 3 is 2.71 bits per heavy atom. The highest BCUT2D eigenvalue weighted by Crippen LogP contribution is 2.37. The van der Waals surface area contributed by atoms with E-state index < -0.39 is 0 Å². The lowest BCUT2D eigenvalue weighted by Crippen LogP contribution is -2.44. The van der Waals surface area contributed by atoms with Crippen molar-refractivity contribution in [3.8, 4) is 34.1 Å². The van der Waals surface area contributed by atoms with Crippen molar-refractivity contribution in [2.24, 2.45) is 0 Å². The molecule has 2 aromatic carbocycles. The molecular formula is C27H25FN6O3S. The van der Waals surface area contributed by atoms with E-state index >= 15 is 4.39 Å². The van der Waals surface area contributed by atoms with E-state index in [4.69, 9.17) is 14.6 Å². The van der Waals surface area contributed by atoms with Crippen molar-refractivity contribution in [1.82, 2.24) is 24.1 Å². The normalized spacial score (nSPS) is 15.7. The van der Waals surface area contributed by atoms with Crippen molar-refractivity contribution in [3.05, 3.63) is 57.9 Å². The monoisotopic (exact) mass is 532 g/mol. The summed E-state index contributed by atoms with van der Waals surface area (Å²) in [5.74, 6) is 1.32. The van der Waals surface area contributed by atoms with Gasteiger partial charge in [0, 0.05) is 55.3 Å². The van der Waals surface area contributed by atoms with Crippen LogP contribution in [0.4, 0.5) is 10.1 Å². The molecule has 0 radical (unpaired) electrons. The molecule has 3 aromatic heterocycles. The van der Waals surface area contributed by atoms with E-state index in [1.165, 1.54) is 17.4 Å². The minimum Gasteiger partial charge on any atom is -0.454 e. The van der Waals surface area contributed by atoms with Crippen molar-refractivity contribution in [2.75, 3.05) is 44.9 Å². The minimum atomic E-state index is -0.386. The first-order valence-electron chi connectivity index (χ1n) is 12.5. The van der Waals surface area contributed by atoms with Gasteiger partial charge in [-0.3, -0.25) is 4.79 Å². The average molecular weight is 533 g/mol. The molecule has 9 nitrogen and oxygen atoms in total. The summed E-state index contributed by atoms with van der Waals surface area (Å²) in [4.78, 5) is 23.2. The van der Waals surface area contributed by atoms with E-state index in [0.29, 0.717) is 51.0 Å². The number of pyridine rings is 1. The molecule has 0 saturated carbocycles. The first-order valence-corrected chi connectivity index (χ1v) is 13.4. The largest absolute Gasteiger partial charge is 0.454 e. The number of anilines is 1. The van der Waals surface area contributed by atoms with E-state index in [9.17, 15) is 4.79 Å². The molecule has 7 rings (SSSR count). The molecule has 2 aliphatic heterocycles. The molecule has 2 aliphatic rings. The van der Waals surface area contributed by atoms with Crippen molar-refractivity contribution < 1.29 is 13.9 Å². The van der Waals surface area contributed by atoms with Gasteiger partial charge in [-0.25, -0.2) is 8.91 Å². The van der Waals surface area contributed by atoms with Gasteiger partial charge < -0.3 is 23.8 Å². The van der Waals surface area contributed by atoms with Gasteiger partial charge in [0.05, 0.1) is 22.5 Å². The first-order chi connectivity index (χ1) is 18.5. The fraction of sp³-hybridized carbons (Fsp3) is 0.296. The van der Waals surface area contributed by atoms with Crippen LogP contribution in [-0.2, 0) is 6.54 Å². The van der Waals surface area contributed by atoms with Crippen LogP contribution in [0.25, 0.3) is 38.5 Å². The molecule has 0 amide bonds. The van der Waals surface area contributed by atoms with Gasteiger partial charge in [0.15, 0.2) is 17.3 Å². The second-order valence-corrected chi connectivity index (χ2v) is 10.4. The third-order valence-corrected chi connectivity index (χ3v) is 8.14. The van der Waals surface area contributed by atoms with Crippen LogP contribution in [0, 0.1) is 5.82 Å². The smallest absolute Gasteiger partial charge is 0.231 e. The van der Waals surface area contributed by atoms with Crippen molar-refractivity contribution >= 4 is 32.9 Å². The number of fused-ring (bicyclic) bond motifs is 3. The van der Waals surface area contributed by atoms with E-state index in [0.717, 1.165) is 37.4 Å². The molecule has 38 heavy (non-hydrogen) atoms. The predicted octanol–water partition coefficient (Wildman–Crippen LogP) is 4.08. The Balaban J connectivity index is 1.32. The number of hydrogen-bond donors (Lipinski definition) is 0. The number of halogens is 1. The van der Waals surface area contributed by atoms with Crippen molar-refractivity contribution in [2.45, 2.75) is 13.5 Å². The molecule has 1 fully saturated rings. The highest BCUT2D eigenvalue weighted by Gasteiger charge is 2.23. The Hall–Kier alpha value is -3.96.